The number of aromatic nitrogens is 3. The zero-order valence-corrected chi connectivity index (χ0v) is 37.9. The van der Waals surface area contributed by atoms with Crippen molar-refractivity contribution in [1.29, 1.82) is 0 Å². The predicted octanol–water partition coefficient (Wildman–Crippen LogP) is 15.6. The lowest BCUT2D eigenvalue weighted by atomic mass is 9.79. The largest absolute Gasteiger partial charge is 0.507 e. The normalized spacial score (nSPS) is 12.0. The quantitative estimate of drug-likeness (QED) is 0.174. The van der Waals surface area contributed by atoms with Crippen molar-refractivity contribution < 1.29 is 5.11 Å². The van der Waals surface area contributed by atoms with Gasteiger partial charge in [-0.1, -0.05) is 162 Å². The molecule has 0 saturated carbocycles. The first-order valence-electron chi connectivity index (χ1n) is 22.0. The Morgan fingerprint density at radius 3 is 1.76 bits per heavy atom. The van der Waals surface area contributed by atoms with Gasteiger partial charge in [-0.2, -0.15) is 0 Å². The SMILES string of the molecule is Cc1cc(C)c(-c2cc(-c3ccc(-c4ccccc4)cn3)cc(-c3cccc4c3nc(-c3cc(C(C)(C)C)cc(C(C)(C)C)c3O)n4-c3ccccc3-c3ccccc3)c2)c(C)c1. The summed E-state index contributed by atoms with van der Waals surface area (Å²) >= 11 is 0. The maximum atomic E-state index is 12.5. The van der Waals surface area contributed by atoms with E-state index in [2.05, 4.69) is 219 Å². The van der Waals surface area contributed by atoms with Crippen molar-refractivity contribution in [2.75, 3.05) is 0 Å². The molecule has 63 heavy (non-hydrogen) atoms. The fourth-order valence-corrected chi connectivity index (χ4v) is 9.17. The number of aryl methyl sites for hydroxylation is 3. The van der Waals surface area contributed by atoms with Gasteiger partial charge in [-0.25, -0.2) is 4.98 Å². The zero-order chi connectivity index (χ0) is 44.2. The Morgan fingerprint density at radius 2 is 1.11 bits per heavy atom. The predicted molar refractivity (Wildman–Crippen MR) is 265 cm³/mol. The van der Waals surface area contributed by atoms with Gasteiger partial charge in [0.1, 0.15) is 11.6 Å². The van der Waals surface area contributed by atoms with Gasteiger partial charge in [-0.3, -0.25) is 9.55 Å². The number of phenols is 1. The monoisotopic (exact) mass is 821 g/mol. The Hall–Kier alpha value is -7.04. The highest BCUT2D eigenvalue weighted by atomic mass is 16.3. The number of para-hydroxylation sites is 2. The highest BCUT2D eigenvalue weighted by Gasteiger charge is 2.29. The van der Waals surface area contributed by atoms with Gasteiger partial charge in [0.05, 0.1) is 28.0 Å². The van der Waals surface area contributed by atoms with Crippen LogP contribution in [0, 0.1) is 20.8 Å². The van der Waals surface area contributed by atoms with E-state index in [-0.39, 0.29) is 16.6 Å². The van der Waals surface area contributed by atoms with E-state index in [9.17, 15) is 5.11 Å². The highest BCUT2D eigenvalue weighted by molar-refractivity contribution is 5.98. The van der Waals surface area contributed by atoms with E-state index in [1.807, 2.05) is 12.3 Å². The molecule has 0 spiro atoms. The third kappa shape index (κ3) is 7.87. The third-order valence-corrected chi connectivity index (χ3v) is 12.3. The fraction of sp³-hybridized carbons (Fsp3) is 0.186. The summed E-state index contributed by atoms with van der Waals surface area (Å²) in [5, 5.41) is 12.5. The van der Waals surface area contributed by atoms with Crippen LogP contribution in [0.25, 0.3) is 83.9 Å². The molecule has 0 radical (unpaired) electrons. The summed E-state index contributed by atoms with van der Waals surface area (Å²) in [7, 11) is 0. The lowest BCUT2D eigenvalue weighted by Crippen LogP contribution is -2.17. The van der Waals surface area contributed by atoms with Crippen molar-refractivity contribution in [2.24, 2.45) is 0 Å². The average Bonchev–Trinajstić information content (AvgIpc) is 3.65. The van der Waals surface area contributed by atoms with E-state index in [0.717, 1.165) is 78.0 Å². The number of hydrogen-bond acceptors (Lipinski definition) is 3. The van der Waals surface area contributed by atoms with Crippen LogP contribution >= 0.6 is 0 Å². The summed E-state index contributed by atoms with van der Waals surface area (Å²) in [5.41, 5.74) is 19.4. The van der Waals surface area contributed by atoms with Crippen LogP contribution in [0.4, 0.5) is 0 Å². The van der Waals surface area contributed by atoms with Gasteiger partial charge >= 0.3 is 0 Å². The lowest BCUT2D eigenvalue weighted by Gasteiger charge is -2.27. The summed E-state index contributed by atoms with van der Waals surface area (Å²) in [6, 6.07) is 55.9. The van der Waals surface area contributed by atoms with Crippen molar-refractivity contribution in [1.82, 2.24) is 14.5 Å². The molecule has 1 N–H and O–H groups in total. The average molecular weight is 822 g/mol. The van der Waals surface area contributed by atoms with Gasteiger partial charge < -0.3 is 5.11 Å². The molecular formula is C59H55N3O. The van der Waals surface area contributed by atoms with E-state index in [0.29, 0.717) is 11.4 Å². The Bertz CT molecular complexity index is 3120. The van der Waals surface area contributed by atoms with Gasteiger partial charge in [0.25, 0.3) is 0 Å². The minimum atomic E-state index is -0.319. The van der Waals surface area contributed by atoms with Crippen molar-refractivity contribution in [2.45, 2.75) is 73.1 Å². The number of rotatable bonds is 7. The summed E-state index contributed by atoms with van der Waals surface area (Å²) < 4.78 is 2.26. The molecule has 7 aromatic carbocycles. The standard InChI is InChI=1S/C59H55N3O/c1-37-29-38(2)54(39(3)30-37)45-32-43(31-44(33-45)51-28-27-42(36-60-51)40-19-12-10-13-20-40)48-24-18-26-53-55(48)61-57(49-34-46(58(4,5)6)35-50(56(49)63)59(7,8)9)62(53)52-25-17-16-23-47(52)41-21-14-11-15-22-41/h10-36,63H,1-9H3. The first-order chi connectivity index (χ1) is 30.2. The van der Waals surface area contributed by atoms with Gasteiger partial charge in [-0.15, -0.1) is 0 Å². The number of imidazole rings is 1. The van der Waals surface area contributed by atoms with Crippen LogP contribution in [0.5, 0.6) is 5.75 Å². The van der Waals surface area contributed by atoms with E-state index >= 15 is 0 Å². The Kier molecular flexibility index (Phi) is 10.5. The Morgan fingerprint density at radius 1 is 0.492 bits per heavy atom. The Balaban J connectivity index is 1.35. The van der Waals surface area contributed by atoms with Crippen molar-refractivity contribution in [3.63, 3.8) is 0 Å². The number of pyridine rings is 1. The molecule has 0 atom stereocenters. The van der Waals surface area contributed by atoms with Crippen LogP contribution in [0.3, 0.4) is 0 Å². The number of aromatic hydroxyl groups is 1. The van der Waals surface area contributed by atoms with Crippen LogP contribution in [0.2, 0.25) is 0 Å². The molecule has 0 aliphatic carbocycles. The Labute approximate surface area is 372 Å². The lowest BCUT2D eigenvalue weighted by molar-refractivity contribution is 0.446. The zero-order valence-electron chi connectivity index (χ0n) is 37.9. The molecule has 0 amide bonds. The maximum absolute atomic E-state index is 12.5. The molecule has 0 saturated heterocycles. The molecule has 2 aromatic heterocycles. The number of nitrogens with zero attached hydrogens (tertiary/aromatic N) is 3. The molecule has 2 heterocycles. The van der Waals surface area contributed by atoms with Crippen LogP contribution in [0.15, 0.2) is 164 Å². The van der Waals surface area contributed by atoms with Gasteiger partial charge in [-0.05, 0) is 119 Å². The van der Waals surface area contributed by atoms with E-state index in [4.69, 9.17) is 9.97 Å². The number of phenolic OH excluding ortho intramolecular Hbond substituents is 1. The molecule has 4 heteroatoms. The van der Waals surface area contributed by atoms with E-state index < -0.39 is 0 Å². The molecule has 0 bridgehead atoms. The minimum absolute atomic E-state index is 0.178. The van der Waals surface area contributed by atoms with Crippen LogP contribution < -0.4 is 0 Å². The second-order valence-electron chi connectivity index (χ2n) is 19.1. The molecule has 9 rings (SSSR count). The minimum Gasteiger partial charge on any atom is -0.507 e. The second kappa shape index (κ2) is 16.0. The number of fused-ring (bicyclic) bond motifs is 1. The van der Waals surface area contributed by atoms with Crippen LogP contribution in [-0.4, -0.2) is 19.6 Å². The van der Waals surface area contributed by atoms with Gasteiger partial charge in [0, 0.05) is 34.0 Å². The summed E-state index contributed by atoms with van der Waals surface area (Å²) in [5.74, 6) is 0.945. The van der Waals surface area contributed by atoms with Crippen LogP contribution in [-0.2, 0) is 10.8 Å². The van der Waals surface area contributed by atoms with Crippen LogP contribution in [0.1, 0.15) is 69.4 Å². The van der Waals surface area contributed by atoms with Gasteiger partial charge in [0.15, 0.2) is 0 Å². The molecular weight excluding hydrogens is 767 g/mol. The molecule has 0 aliphatic rings. The molecule has 0 unspecified atom stereocenters. The third-order valence-electron chi connectivity index (χ3n) is 12.3. The molecule has 9 aromatic rings. The van der Waals surface area contributed by atoms with E-state index in [1.165, 1.54) is 22.3 Å². The number of hydrogen-bond donors (Lipinski definition) is 1. The van der Waals surface area contributed by atoms with Crippen molar-refractivity contribution in [3.8, 4) is 78.6 Å². The van der Waals surface area contributed by atoms with Crippen molar-refractivity contribution in [3.05, 3.63) is 192 Å². The summed E-state index contributed by atoms with van der Waals surface area (Å²) in [6.45, 7) is 19.7. The first kappa shape index (κ1) is 41.3. The molecule has 0 fully saturated rings. The highest BCUT2D eigenvalue weighted by Crippen LogP contribution is 2.46. The maximum Gasteiger partial charge on any atom is 0.149 e. The number of benzene rings is 7. The molecule has 4 nitrogen and oxygen atoms in total. The fourth-order valence-electron chi connectivity index (χ4n) is 9.17. The second-order valence-corrected chi connectivity index (χ2v) is 19.1. The smallest absolute Gasteiger partial charge is 0.149 e. The first-order valence-corrected chi connectivity index (χ1v) is 22.0. The van der Waals surface area contributed by atoms with Crippen molar-refractivity contribution >= 4 is 11.0 Å². The summed E-state index contributed by atoms with van der Waals surface area (Å²) in [6.07, 6.45) is 1.97. The topological polar surface area (TPSA) is 50.9 Å². The summed E-state index contributed by atoms with van der Waals surface area (Å²) in [4.78, 5) is 10.7. The molecule has 312 valence electrons. The van der Waals surface area contributed by atoms with E-state index in [1.54, 1.807) is 0 Å². The molecule has 0 aliphatic heterocycles. The van der Waals surface area contributed by atoms with Gasteiger partial charge in [0.2, 0.25) is 0 Å².